The van der Waals surface area contributed by atoms with Crippen LogP contribution in [0.15, 0.2) is 23.8 Å². The van der Waals surface area contributed by atoms with Gasteiger partial charge in [-0.25, -0.2) is 0 Å². The molecule has 0 amide bonds. The standard InChI is InChI=1S/C17H19NO3/c19-13-4-3-10-2-1-5-18-8-11-6-14-15(21-9-20-14)7-12(11)16(13)17(10)18/h3,6-7,13,16-17,19H,1-2,4-5,8-9H2/t13-,16+,17-/m1/s1. The molecule has 0 unspecified atom stereocenters. The molecule has 3 heterocycles. The fourth-order valence-corrected chi connectivity index (χ4v) is 4.54. The molecule has 1 N–H and O–H groups in total. The number of ether oxygens (including phenoxy) is 2. The Labute approximate surface area is 124 Å². The van der Waals surface area contributed by atoms with Crippen molar-refractivity contribution in [2.75, 3.05) is 13.3 Å². The summed E-state index contributed by atoms with van der Waals surface area (Å²) in [6.45, 7) is 2.39. The van der Waals surface area contributed by atoms with Crippen LogP contribution < -0.4 is 9.47 Å². The molecule has 3 aliphatic heterocycles. The smallest absolute Gasteiger partial charge is 0.231 e. The monoisotopic (exact) mass is 285 g/mol. The summed E-state index contributed by atoms with van der Waals surface area (Å²) >= 11 is 0. The van der Waals surface area contributed by atoms with Crippen molar-refractivity contribution >= 4 is 0 Å². The average molecular weight is 285 g/mol. The van der Waals surface area contributed by atoms with Crippen LogP contribution in [-0.2, 0) is 6.54 Å². The summed E-state index contributed by atoms with van der Waals surface area (Å²) in [6.07, 6.45) is 5.17. The second-order valence-electron chi connectivity index (χ2n) is 6.53. The van der Waals surface area contributed by atoms with Gasteiger partial charge >= 0.3 is 0 Å². The highest BCUT2D eigenvalue weighted by molar-refractivity contribution is 5.52. The molecule has 110 valence electrons. The van der Waals surface area contributed by atoms with E-state index in [4.69, 9.17) is 9.47 Å². The third kappa shape index (κ3) is 1.63. The van der Waals surface area contributed by atoms with Gasteiger partial charge in [-0.3, -0.25) is 4.90 Å². The Morgan fingerprint density at radius 1 is 1.19 bits per heavy atom. The van der Waals surface area contributed by atoms with Crippen molar-refractivity contribution in [1.29, 1.82) is 0 Å². The molecule has 4 aliphatic rings. The van der Waals surface area contributed by atoms with Gasteiger partial charge in [0.15, 0.2) is 11.5 Å². The van der Waals surface area contributed by atoms with Gasteiger partial charge in [0.25, 0.3) is 0 Å². The van der Waals surface area contributed by atoms with Gasteiger partial charge in [-0.2, -0.15) is 0 Å². The van der Waals surface area contributed by atoms with Crippen LogP contribution in [-0.4, -0.2) is 35.5 Å². The Morgan fingerprint density at radius 2 is 2.05 bits per heavy atom. The second-order valence-corrected chi connectivity index (χ2v) is 6.53. The molecule has 4 nitrogen and oxygen atoms in total. The molecule has 3 atom stereocenters. The molecule has 1 aromatic carbocycles. The first-order chi connectivity index (χ1) is 10.3. The number of nitrogens with zero attached hydrogens (tertiary/aromatic N) is 1. The van der Waals surface area contributed by atoms with Gasteiger partial charge in [0.1, 0.15) is 0 Å². The molecule has 0 saturated carbocycles. The molecule has 1 saturated heterocycles. The molecule has 1 aromatic rings. The van der Waals surface area contributed by atoms with Gasteiger partial charge in [0, 0.05) is 18.5 Å². The predicted octanol–water partition coefficient (Wildman–Crippen LogP) is 2.17. The van der Waals surface area contributed by atoms with Crippen LogP contribution in [0.5, 0.6) is 11.5 Å². The van der Waals surface area contributed by atoms with Gasteiger partial charge in [-0.1, -0.05) is 11.6 Å². The van der Waals surface area contributed by atoms with Crippen LogP contribution in [0.3, 0.4) is 0 Å². The molecule has 1 fully saturated rings. The zero-order valence-electron chi connectivity index (χ0n) is 11.9. The van der Waals surface area contributed by atoms with Crippen molar-refractivity contribution in [3.8, 4) is 11.5 Å². The normalized spacial score (nSPS) is 33.2. The van der Waals surface area contributed by atoms with E-state index in [0.717, 1.165) is 31.0 Å². The minimum atomic E-state index is -0.293. The van der Waals surface area contributed by atoms with E-state index >= 15 is 0 Å². The molecule has 1 aliphatic carbocycles. The van der Waals surface area contributed by atoms with E-state index in [2.05, 4.69) is 23.1 Å². The van der Waals surface area contributed by atoms with E-state index in [1.807, 2.05) is 0 Å². The summed E-state index contributed by atoms with van der Waals surface area (Å²) in [5.74, 6) is 1.87. The minimum absolute atomic E-state index is 0.184. The summed E-state index contributed by atoms with van der Waals surface area (Å²) in [4.78, 5) is 2.53. The molecular formula is C17H19NO3. The van der Waals surface area contributed by atoms with Gasteiger partial charge in [0.2, 0.25) is 6.79 Å². The van der Waals surface area contributed by atoms with Crippen LogP contribution >= 0.6 is 0 Å². The van der Waals surface area contributed by atoms with E-state index < -0.39 is 0 Å². The Kier molecular flexibility index (Phi) is 2.44. The number of piperidine rings is 1. The third-order valence-electron chi connectivity index (χ3n) is 5.43. The fraction of sp³-hybridized carbons (Fsp3) is 0.529. The molecule has 0 aromatic heterocycles. The van der Waals surface area contributed by atoms with Crippen LogP contribution in [0.25, 0.3) is 0 Å². The maximum Gasteiger partial charge on any atom is 0.231 e. The first-order valence-corrected chi connectivity index (χ1v) is 7.85. The van der Waals surface area contributed by atoms with Crippen molar-refractivity contribution in [2.24, 2.45) is 0 Å². The number of hydrogen-bond acceptors (Lipinski definition) is 4. The minimum Gasteiger partial charge on any atom is -0.454 e. The number of benzene rings is 1. The number of aliphatic hydroxyl groups excluding tert-OH is 1. The Hall–Kier alpha value is -1.52. The molecular weight excluding hydrogens is 266 g/mol. The Morgan fingerprint density at radius 3 is 2.95 bits per heavy atom. The quantitative estimate of drug-likeness (QED) is 0.742. The number of aliphatic hydroxyl groups is 1. The Balaban J connectivity index is 1.68. The lowest BCUT2D eigenvalue weighted by atomic mass is 9.70. The summed E-state index contributed by atoms with van der Waals surface area (Å²) in [5.41, 5.74) is 4.09. The van der Waals surface area contributed by atoms with Crippen LogP contribution in [0.1, 0.15) is 36.3 Å². The van der Waals surface area contributed by atoms with Crippen molar-refractivity contribution < 1.29 is 14.6 Å². The number of hydrogen-bond donors (Lipinski definition) is 1. The zero-order chi connectivity index (χ0) is 14.0. The molecule has 21 heavy (non-hydrogen) atoms. The van der Waals surface area contributed by atoms with Crippen LogP contribution in [0.4, 0.5) is 0 Å². The van der Waals surface area contributed by atoms with Crippen molar-refractivity contribution in [2.45, 2.75) is 43.9 Å². The van der Waals surface area contributed by atoms with Gasteiger partial charge in [-0.05, 0) is 49.1 Å². The highest BCUT2D eigenvalue weighted by atomic mass is 16.7. The van der Waals surface area contributed by atoms with Gasteiger partial charge in [-0.15, -0.1) is 0 Å². The van der Waals surface area contributed by atoms with E-state index in [-0.39, 0.29) is 12.0 Å². The van der Waals surface area contributed by atoms with Crippen LogP contribution in [0, 0.1) is 0 Å². The second kappa shape index (κ2) is 4.24. The van der Waals surface area contributed by atoms with E-state index in [9.17, 15) is 5.11 Å². The highest BCUT2D eigenvalue weighted by Crippen LogP contribution is 2.48. The number of fused-ring (bicyclic) bond motifs is 3. The highest BCUT2D eigenvalue weighted by Gasteiger charge is 2.44. The largest absolute Gasteiger partial charge is 0.454 e. The first kappa shape index (κ1) is 12.1. The van der Waals surface area contributed by atoms with Gasteiger partial charge in [0.05, 0.1) is 6.10 Å². The first-order valence-electron chi connectivity index (χ1n) is 7.85. The number of rotatable bonds is 0. The molecule has 0 bridgehead atoms. The maximum absolute atomic E-state index is 10.6. The summed E-state index contributed by atoms with van der Waals surface area (Å²) in [5, 5.41) is 10.6. The lowest BCUT2D eigenvalue weighted by Gasteiger charge is -2.50. The van der Waals surface area contributed by atoms with Crippen molar-refractivity contribution in [3.05, 3.63) is 34.9 Å². The molecule has 0 spiro atoms. The molecule has 4 heteroatoms. The summed E-state index contributed by atoms with van der Waals surface area (Å²) in [6, 6.07) is 4.61. The lowest BCUT2D eigenvalue weighted by Crippen LogP contribution is -2.52. The summed E-state index contributed by atoms with van der Waals surface area (Å²) < 4.78 is 11.1. The fourth-order valence-electron chi connectivity index (χ4n) is 4.54. The Bertz CT molecular complexity index is 639. The van der Waals surface area contributed by atoms with Crippen molar-refractivity contribution in [1.82, 2.24) is 4.90 Å². The van der Waals surface area contributed by atoms with E-state index in [1.54, 1.807) is 0 Å². The lowest BCUT2D eigenvalue weighted by molar-refractivity contribution is 0.0535. The maximum atomic E-state index is 10.6. The third-order valence-corrected chi connectivity index (χ3v) is 5.43. The molecule has 0 radical (unpaired) electrons. The SMILES string of the molecule is O[C@@H]1CC=C2CCCN3Cc4cc5c(cc4[C@@H]1[C@@H]23)OCO5. The predicted molar refractivity (Wildman–Crippen MR) is 77.4 cm³/mol. The summed E-state index contributed by atoms with van der Waals surface area (Å²) in [7, 11) is 0. The van der Waals surface area contributed by atoms with Gasteiger partial charge < -0.3 is 14.6 Å². The topological polar surface area (TPSA) is 41.9 Å². The van der Waals surface area contributed by atoms with Crippen LogP contribution in [0.2, 0.25) is 0 Å². The molecule has 5 rings (SSSR count). The van der Waals surface area contributed by atoms with E-state index in [1.165, 1.54) is 29.5 Å². The average Bonchev–Trinajstić information content (AvgIpc) is 2.95. The zero-order valence-corrected chi connectivity index (χ0v) is 11.9. The van der Waals surface area contributed by atoms with Crippen molar-refractivity contribution in [3.63, 3.8) is 0 Å². The van der Waals surface area contributed by atoms with E-state index in [0.29, 0.717) is 12.8 Å².